The van der Waals surface area contributed by atoms with Crippen LogP contribution >= 0.6 is 0 Å². The van der Waals surface area contributed by atoms with Crippen LogP contribution < -0.4 is 5.73 Å². The number of hydrogen-bond donors (Lipinski definition) is 2. The van der Waals surface area contributed by atoms with Crippen LogP contribution in [0.4, 0.5) is 13.2 Å². The standard InChI is InChI=1S/C13H13F3N2/c14-13(15,16)10-3-1-2-8-9-6-7(17)4-5-11(9)18-12(8)10/h1-3,7,18H,4-6,17H2. The maximum Gasteiger partial charge on any atom is 0.418 e. The molecule has 2 aromatic rings. The number of fused-ring (bicyclic) bond motifs is 3. The number of para-hydroxylation sites is 1. The van der Waals surface area contributed by atoms with Crippen molar-refractivity contribution in [2.75, 3.05) is 0 Å². The fourth-order valence-corrected chi connectivity index (χ4v) is 2.70. The first-order valence-electron chi connectivity index (χ1n) is 5.92. The molecule has 1 unspecified atom stereocenters. The number of rotatable bonds is 0. The molecule has 18 heavy (non-hydrogen) atoms. The van der Waals surface area contributed by atoms with Gasteiger partial charge in [-0.1, -0.05) is 12.1 Å². The van der Waals surface area contributed by atoms with Crippen LogP contribution in [0.3, 0.4) is 0 Å². The highest BCUT2D eigenvalue weighted by Gasteiger charge is 2.34. The molecular weight excluding hydrogens is 241 g/mol. The molecule has 5 heteroatoms. The lowest BCUT2D eigenvalue weighted by Gasteiger charge is -2.18. The molecule has 1 aliphatic rings. The van der Waals surface area contributed by atoms with Gasteiger partial charge in [0.15, 0.2) is 0 Å². The minimum atomic E-state index is -4.32. The molecule has 0 aliphatic heterocycles. The number of aromatic amines is 1. The molecule has 96 valence electrons. The molecule has 0 bridgehead atoms. The Labute approximate surface area is 102 Å². The third-order valence-electron chi connectivity index (χ3n) is 3.57. The third kappa shape index (κ3) is 1.70. The van der Waals surface area contributed by atoms with Crippen molar-refractivity contribution in [1.82, 2.24) is 4.98 Å². The SMILES string of the molecule is NC1CCc2[nH]c3c(C(F)(F)F)cccc3c2C1. The molecule has 0 saturated carbocycles. The predicted octanol–water partition coefficient (Wildman–Crippen LogP) is 3.00. The molecule has 3 N–H and O–H groups in total. The lowest BCUT2D eigenvalue weighted by atomic mass is 9.92. The monoisotopic (exact) mass is 254 g/mol. The van der Waals surface area contributed by atoms with Crippen LogP contribution in [0.2, 0.25) is 0 Å². The second-order valence-corrected chi connectivity index (χ2v) is 4.81. The van der Waals surface area contributed by atoms with Crippen LogP contribution in [0.1, 0.15) is 23.2 Å². The average Bonchev–Trinajstić information content (AvgIpc) is 2.65. The van der Waals surface area contributed by atoms with Gasteiger partial charge in [0.25, 0.3) is 0 Å². The van der Waals surface area contributed by atoms with E-state index in [1.807, 2.05) is 0 Å². The van der Waals surface area contributed by atoms with Crippen molar-refractivity contribution in [2.45, 2.75) is 31.5 Å². The second-order valence-electron chi connectivity index (χ2n) is 4.81. The summed E-state index contributed by atoms with van der Waals surface area (Å²) >= 11 is 0. The van der Waals surface area contributed by atoms with Gasteiger partial charge in [0.1, 0.15) is 0 Å². The maximum absolute atomic E-state index is 12.9. The fourth-order valence-electron chi connectivity index (χ4n) is 2.70. The lowest BCUT2D eigenvalue weighted by molar-refractivity contribution is -0.136. The van der Waals surface area contributed by atoms with Crippen LogP contribution in [0.25, 0.3) is 10.9 Å². The Morgan fingerprint density at radius 3 is 2.78 bits per heavy atom. The van der Waals surface area contributed by atoms with Gasteiger partial charge >= 0.3 is 6.18 Å². The Bertz CT molecular complexity index is 598. The van der Waals surface area contributed by atoms with Gasteiger partial charge < -0.3 is 10.7 Å². The fraction of sp³-hybridized carbons (Fsp3) is 0.385. The van der Waals surface area contributed by atoms with E-state index in [-0.39, 0.29) is 11.6 Å². The zero-order valence-electron chi connectivity index (χ0n) is 9.64. The molecule has 0 fully saturated rings. The van der Waals surface area contributed by atoms with Gasteiger partial charge in [0.05, 0.1) is 11.1 Å². The third-order valence-corrected chi connectivity index (χ3v) is 3.57. The summed E-state index contributed by atoms with van der Waals surface area (Å²) in [7, 11) is 0. The van der Waals surface area contributed by atoms with E-state index in [0.717, 1.165) is 30.2 Å². The first kappa shape index (κ1) is 11.6. The Morgan fingerprint density at radius 1 is 1.28 bits per heavy atom. The van der Waals surface area contributed by atoms with E-state index < -0.39 is 11.7 Å². The van der Waals surface area contributed by atoms with Crippen LogP contribution in [0.5, 0.6) is 0 Å². The first-order valence-corrected chi connectivity index (χ1v) is 5.92. The van der Waals surface area contributed by atoms with Crippen molar-refractivity contribution in [1.29, 1.82) is 0 Å². The van der Waals surface area contributed by atoms with E-state index in [2.05, 4.69) is 4.98 Å². The van der Waals surface area contributed by atoms with Gasteiger partial charge in [-0.05, 0) is 30.9 Å². The zero-order chi connectivity index (χ0) is 12.9. The second kappa shape index (κ2) is 3.75. The molecule has 1 atom stereocenters. The van der Waals surface area contributed by atoms with Crippen LogP contribution in [-0.2, 0) is 19.0 Å². The Morgan fingerprint density at radius 2 is 2.06 bits per heavy atom. The largest absolute Gasteiger partial charge is 0.418 e. The van der Waals surface area contributed by atoms with Crippen molar-refractivity contribution in [2.24, 2.45) is 5.73 Å². The summed E-state index contributed by atoms with van der Waals surface area (Å²) < 4.78 is 38.7. The summed E-state index contributed by atoms with van der Waals surface area (Å²) in [6, 6.07) is 4.35. The lowest BCUT2D eigenvalue weighted by Crippen LogP contribution is -2.27. The summed E-state index contributed by atoms with van der Waals surface area (Å²) in [4.78, 5) is 2.94. The van der Waals surface area contributed by atoms with E-state index >= 15 is 0 Å². The van der Waals surface area contributed by atoms with Crippen LogP contribution in [-0.4, -0.2) is 11.0 Å². The highest BCUT2D eigenvalue weighted by Crippen LogP contribution is 2.37. The highest BCUT2D eigenvalue weighted by molar-refractivity contribution is 5.88. The number of nitrogens with two attached hydrogens (primary N) is 1. The van der Waals surface area contributed by atoms with E-state index in [4.69, 9.17) is 5.73 Å². The molecule has 1 aromatic carbocycles. The average molecular weight is 254 g/mol. The first-order chi connectivity index (χ1) is 8.47. The van der Waals surface area contributed by atoms with Crippen LogP contribution in [0.15, 0.2) is 18.2 Å². The maximum atomic E-state index is 12.9. The van der Waals surface area contributed by atoms with Gasteiger partial charge in [-0.25, -0.2) is 0 Å². The molecule has 1 aliphatic carbocycles. The van der Waals surface area contributed by atoms with Gasteiger partial charge in [0.2, 0.25) is 0 Å². The highest BCUT2D eigenvalue weighted by atomic mass is 19.4. The smallest absolute Gasteiger partial charge is 0.358 e. The van der Waals surface area contributed by atoms with Crippen molar-refractivity contribution in [3.8, 4) is 0 Å². The van der Waals surface area contributed by atoms with E-state index in [0.29, 0.717) is 11.8 Å². The number of aromatic nitrogens is 1. The van der Waals surface area contributed by atoms with Crippen molar-refractivity contribution in [3.63, 3.8) is 0 Å². The Kier molecular flexibility index (Phi) is 2.41. The van der Waals surface area contributed by atoms with Gasteiger partial charge in [-0.15, -0.1) is 0 Å². The summed E-state index contributed by atoms with van der Waals surface area (Å²) in [5, 5.41) is 0.662. The van der Waals surface area contributed by atoms with Crippen LogP contribution in [0, 0.1) is 0 Å². The molecule has 0 saturated heterocycles. The summed E-state index contributed by atoms with van der Waals surface area (Å²) in [6.07, 6.45) is -2.13. The van der Waals surface area contributed by atoms with Crippen molar-refractivity contribution < 1.29 is 13.2 Å². The number of halogens is 3. The number of H-pyrrole nitrogens is 1. The van der Waals surface area contributed by atoms with E-state index in [1.165, 1.54) is 6.07 Å². The van der Waals surface area contributed by atoms with E-state index in [1.54, 1.807) is 6.07 Å². The molecule has 3 rings (SSSR count). The van der Waals surface area contributed by atoms with Crippen molar-refractivity contribution in [3.05, 3.63) is 35.0 Å². The summed E-state index contributed by atoms with van der Waals surface area (Å²) in [5.74, 6) is 0. The number of aryl methyl sites for hydroxylation is 1. The molecule has 1 heterocycles. The Balaban J connectivity index is 2.26. The quantitative estimate of drug-likeness (QED) is 0.745. The van der Waals surface area contributed by atoms with Crippen molar-refractivity contribution >= 4 is 10.9 Å². The molecule has 0 radical (unpaired) electrons. The number of benzene rings is 1. The van der Waals surface area contributed by atoms with Gasteiger partial charge in [-0.2, -0.15) is 13.2 Å². The van der Waals surface area contributed by atoms with E-state index in [9.17, 15) is 13.2 Å². The minimum Gasteiger partial charge on any atom is -0.358 e. The Hall–Kier alpha value is -1.49. The molecule has 2 nitrogen and oxygen atoms in total. The van der Waals surface area contributed by atoms with Gasteiger partial charge in [0, 0.05) is 17.1 Å². The summed E-state index contributed by atoms with van der Waals surface area (Å²) in [5.41, 5.74) is 7.35. The normalized spacial score (nSPS) is 20.1. The molecule has 1 aromatic heterocycles. The number of nitrogens with one attached hydrogen (secondary N) is 1. The molecule has 0 spiro atoms. The molecular formula is C13H13F3N2. The zero-order valence-corrected chi connectivity index (χ0v) is 9.64. The number of hydrogen-bond acceptors (Lipinski definition) is 1. The minimum absolute atomic E-state index is 0.0473. The number of alkyl halides is 3. The molecule has 0 amide bonds. The van der Waals surface area contributed by atoms with Gasteiger partial charge in [-0.3, -0.25) is 0 Å². The predicted molar refractivity (Wildman–Crippen MR) is 63.3 cm³/mol. The topological polar surface area (TPSA) is 41.8 Å². The summed E-state index contributed by atoms with van der Waals surface area (Å²) in [6.45, 7) is 0.